The third-order valence-corrected chi connectivity index (χ3v) is 3.79. The molecule has 2 rings (SSSR count). The number of hydrogen-bond acceptors (Lipinski definition) is 3. The zero-order valence-corrected chi connectivity index (χ0v) is 12.8. The lowest BCUT2D eigenvalue weighted by atomic mass is 10.1. The van der Waals surface area contributed by atoms with Crippen LogP contribution in [-0.2, 0) is 0 Å². The van der Waals surface area contributed by atoms with E-state index in [9.17, 15) is 4.79 Å². The van der Waals surface area contributed by atoms with Gasteiger partial charge in [0.2, 0.25) is 0 Å². The van der Waals surface area contributed by atoms with Crippen molar-refractivity contribution in [2.24, 2.45) is 0 Å². The molecule has 1 amide bonds. The topological polar surface area (TPSA) is 64.3 Å². The molecule has 0 atom stereocenters. The highest BCUT2D eigenvalue weighted by molar-refractivity contribution is 9.10. The summed E-state index contributed by atoms with van der Waals surface area (Å²) < 4.78 is 6.00. The van der Waals surface area contributed by atoms with Gasteiger partial charge in [0.1, 0.15) is 5.75 Å². The van der Waals surface area contributed by atoms with Crippen LogP contribution >= 0.6 is 15.9 Å². The molecule has 20 heavy (non-hydrogen) atoms. The lowest BCUT2D eigenvalue weighted by molar-refractivity contribution is 0.102. The van der Waals surface area contributed by atoms with Crippen LogP contribution in [0, 0.1) is 6.92 Å². The summed E-state index contributed by atoms with van der Waals surface area (Å²) >= 11 is 3.43. The maximum Gasteiger partial charge on any atom is 0.257 e. The van der Waals surface area contributed by atoms with E-state index in [1.54, 1.807) is 25.3 Å². The van der Waals surface area contributed by atoms with Crippen LogP contribution in [0.25, 0.3) is 0 Å². The number of hydrogen-bond donors (Lipinski definition) is 2. The largest absolute Gasteiger partial charge is 0.497 e. The zero-order valence-electron chi connectivity index (χ0n) is 11.2. The van der Waals surface area contributed by atoms with Gasteiger partial charge in [-0.05, 0) is 36.8 Å². The van der Waals surface area contributed by atoms with Crippen molar-refractivity contribution in [1.29, 1.82) is 0 Å². The number of halogens is 1. The Morgan fingerprint density at radius 1 is 1.25 bits per heavy atom. The summed E-state index contributed by atoms with van der Waals surface area (Å²) in [5.41, 5.74) is 8.47. The highest BCUT2D eigenvalue weighted by atomic mass is 79.9. The second-order valence-electron chi connectivity index (χ2n) is 4.37. The number of anilines is 2. The van der Waals surface area contributed by atoms with Gasteiger partial charge in [-0.15, -0.1) is 0 Å². The highest BCUT2D eigenvalue weighted by Gasteiger charge is 2.11. The number of nitrogen functional groups attached to an aromatic ring is 1. The predicted octanol–water partition coefficient (Wildman–Crippen LogP) is 3.60. The molecule has 0 heterocycles. The standard InChI is InChI=1S/C15H15BrN2O2/c1-9-3-4-10(7-13(9)16)18-15(19)12-6-5-11(20-2)8-14(12)17/h3-8H,17H2,1-2H3,(H,18,19). The fourth-order valence-electron chi connectivity index (χ4n) is 1.74. The Kier molecular flexibility index (Phi) is 4.29. The number of carbonyl (C=O) groups excluding carboxylic acids is 1. The van der Waals surface area contributed by atoms with Crippen molar-refractivity contribution in [3.63, 3.8) is 0 Å². The second-order valence-corrected chi connectivity index (χ2v) is 5.23. The molecule has 0 radical (unpaired) electrons. The molecule has 0 saturated carbocycles. The van der Waals surface area contributed by atoms with E-state index in [4.69, 9.17) is 10.5 Å². The third kappa shape index (κ3) is 3.11. The maximum atomic E-state index is 12.2. The SMILES string of the molecule is COc1ccc(C(=O)Nc2ccc(C)c(Br)c2)c(N)c1. The van der Waals surface area contributed by atoms with E-state index in [2.05, 4.69) is 21.2 Å². The molecular weight excluding hydrogens is 320 g/mol. The van der Waals surface area contributed by atoms with Crippen LogP contribution in [0.1, 0.15) is 15.9 Å². The fraction of sp³-hybridized carbons (Fsp3) is 0.133. The Labute approximate surface area is 126 Å². The molecule has 0 unspecified atom stereocenters. The molecular formula is C15H15BrN2O2. The first-order valence-electron chi connectivity index (χ1n) is 6.02. The molecule has 104 valence electrons. The van der Waals surface area contributed by atoms with Crippen molar-refractivity contribution < 1.29 is 9.53 Å². The Balaban J connectivity index is 2.21. The minimum absolute atomic E-state index is 0.249. The summed E-state index contributed by atoms with van der Waals surface area (Å²) in [5.74, 6) is 0.373. The van der Waals surface area contributed by atoms with Crippen LogP contribution in [-0.4, -0.2) is 13.0 Å². The minimum Gasteiger partial charge on any atom is -0.497 e. The first kappa shape index (κ1) is 14.4. The number of rotatable bonds is 3. The third-order valence-electron chi connectivity index (χ3n) is 2.93. The van der Waals surface area contributed by atoms with Gasteiger partial charge in [-0.1, -0.05) is 22.0 Å². The van der Waals surface area contributed by atoms with Gasteiger partial charge in [-0.25, -0.2) is 0 Å². The van der Waals surface area contributed by atoms with Crippen LogP contribution in [0.4, 0.5) is 11.4 Å². The molecule has 0 aliphatic carbocycles. The molecule has 0 aromatic heterocycles. The number of nitrogens with two attached hydrogens (primary N) is 1. The molecule has 5 heteroatoms. The van der Waals surface area contributed by atoms with Gasteiger partial charge in [-0.2, -0.15) is 0 Å². The lowest BCUT2D eigenvalue weighted by Gasteiger charge is -2.10. The molecule has 0 spiro atoms. The molecule has 0 aliphatic heterocycles. The fourth-order valence-corrected chi connectivity index (χ4v) is 2.12. The van der Waals surface area contributed by atoms with Crippen molar-refractivity contribution in [3.05, 3.63) is 52.0 Å². The minimum atomic E-state index is -0.249. The Morgan fingerprint density at radius 3 is 2.60 bits per heavy atom. The van der Waals surface area contributed by atoms with Gasteiger partial charge in [-0.3, -0.25) is 4.79 Å². The predicted molar refractivity (Wildman–Crippen MR) is 84.2 cm³/mol. The van der Waals surface area contributed by atoms with Crippen molar-refractivity contribution in [3.8, 4) is 5.75 Å². The Hall–Kier alpha value is -2.01. The van der Waals surface area contributed by atoms with Crippen LogP contribution in [0.3, 0.4) is 0 Å². The first-order chi connectivity index (χ1) is 9.51. The second kappa shape index (κ2) is 5.96. The number of nitrogens with one attached hydrogen (secondary N) is 1. The van der Waals surface area contributed by atoms with E-state index in [-0.39, 0.29) is 5.91 Å². The van der Waals surface area contributed by atoms with Crippen molar-refractivity contribution in [1.82, 2.24) is 0 Å². The zero-order chi connectivity index (χ0) is 14.7. The molecule has 2 aromatic rings. The van der Waals surface area contributed by atoms with Gasteiger partial charge in [0.05, 0.1) is 12.7 Å². The van der Waals surface area contributed by atoms with E-state index in [1.807, 2.05) is 25.1 Å². The number of ether oxygens (including phenoxy) is 1. The van der Waals surface area contributed by atoms with Gasteiger partial charge in [0.15, 0.2) is 0 Å². The summed E-state index contributed by atoms with van der Waals surface area (Å²) in [5, 5.41) is 2.81. The summed E-state index contributed by atoms with van der Waals surface area (Å²) in [4.78, 5) is 12.2. The van der Waals surface area contributed by atoms with Gasteiger partial charge < -0.3 is 15.8 Å². The number of carbonyl (C=O) groups is 1. The van der Waals surface area contributed by atoms with Gasteiger partial charge in [0, 0.05) is 21.9 Å². The smallest absolute Gasteiger partial charge is 0.257 e. The summed E-state index contributed by atoms with van der Waals surface area (Å²) in [6.45, 7) is 1.98. The van der Waals surface area contributed by atoms with Crippen LogP contribution in [0.15, 0.2) is 40.9 Å². The van der Waals surface area contributed by atoms with E-state index in [1.165, 1.54) is 0 Å². The molecule has 4 nitrogen and oxygen atoms in total. The van der Waals surface area contributed by atoms with E-state index in [0.717, 1.165) is 10.0 Å². The molecule has 2 aromatic carbocycles. The van der Waals surface area contributed by atoms with Crippen molar-refractivity contribution in [2.75, 3.05) is 18.2 Å². The molecule has 0 saturated heterocycles. The molecule has 0 bridgehead atoms. The van der Waals surface area contributed by atoms with E-state index >= 15 is 0 Å². The number of benzene rings is 2. The molecule has 0 aliphatic rings. The monoisotopic (exact) mass is 334 g/mol. The van der Waals surface area contributed by atoms with Gasteiger partial charge in [0.25, 0.3) is 5.91 Å². The quantitative estimate of drug-likeness (QED) is 0.843. The van der Waals surface area contributed by atoms with E-state index in [0.29, 0.717) is 22.7 Å². The lowest BCUT2D eigenvalue weighted by Crippen LogP contribution is -2.14. The Bertz CT molecular complexity index is 656. The van der Waals surface area contributed by atoms with Crippen LogP contribution < -0.4 is 15.8 Å². The normalized spacial score (nSPS) is 10.2. The average molecular weight is 335 g/mol. The average Bonchev–Trinajstić information content (AvgIpc) is 2.42. The number of aryl methyl sites for hydroxylation is 1. The first-order valence-corrected chi connectivity index (χ1v) is 6.81. The number of methoxy groups -OCH3 is 1. The van der Waals surface area contributed by atoms with E-state index < -0.39 is 0 Å². The van der Waals surface area contributed by atoms with Crippen molar-refractivity contribution in [2.45, 2.75) is 6.92 Å². The summed E-state index contributed by atoms with van der Waals surface area (Å²) in [6.07, 6.45) is 0. The van der Waals surface area contributed by atoms with Crippen LogP contribution in [0.2, 0.25) is 0 Å². The van der Waals surface area contributed by atoms with Crippen LogP contribution in [0.5, 0.6) is 5.75 Å². The highest BCUT2D eigenvalue weighted by Crippen LogP contribution is 2.23. The molecule has 0 fully saturated rings. The number of amides is 1. The summed E-state index contributed by atoms with van der Waals surface area (Å²) in [7, 11) is 1.55. The summed E-state index contributed by atoms with van der Waals surface area (Å²) in [6, 6.07) is 10.6. The van der Waals surface area contributed by atoms with Crippen molar-refractivity contribution >= 4 is 33.2 Å². The van der Waals surface area contributed by atoms with Gasteiger partial charge >= 0.3 is 0 Å². The maximum absolute atomic E-state index is 12.2. The molecule has 3 N–H and O–H groups in total. The Morgan fingerprint density at radius 2 is 2.00 bits per heavy atom.